The number of allylic oxidation sites excluding steroid dienone is 2. The number of aliphatic carboxylic acids is 1. The number of urea groups is 1. The second-order valence-electron chi connectivity index (χ2n) is 6.76. The Morgan fingerprint density at radius 3 is 2.62 bits per heavy atom. The summed E-state index contributed by atoms with van der Waals surface area (Å²) in [4.78, 5) is 39.5. The second kappa shape index (κ2) is 7.91. The minimum Gasteiger partial charge on any atom is -0.543 e. The van der Waals surface area contributed by atoms with Crippen molar-refractivity contribution in [3.05, 3.63) is 47.7 Å². The molecule has 1 aromatic carbocycles. The first-order valence-electron chi connectivity index (χ1n) is 8.65. The largest absolute Gasteiger partial charge is 1.00 e. The average Bonchev–Trinajstić information content (AvgIpc) is 3.00. The SMILES string of the molecule is N#C/C=C\C1=C(C(=O)[O-])N2C(=O)[C@@H]3[C@H]2C1CCN3C(=O)Nc1ccc(O)cc1.[Na+]. The molecule has 2 saturated heterocycles. The van der Waals surface area contributed by atoms with Crippen LogP contribution in [0.1, 0.15) is 6.42 Å². The predicted molar refractivity (Wildman–Crippen MR) is 93.1 cm³/mol. The molecule has 0 spiro atoms. The van der Waals surface area contributed by atoms with Gasteiger partial charge < -0.3 is 30.1 Å². The third-order valence-corrected chi connectivity index (χ3v) is 5.37. The van der Waals surface area contributed by atoms with Crippen LogP contribution in [0.25, 0.3) is 0 Å². The van der Waals surface area contributed by atoms with E-state index in [1.54, 1.807) is 0 Å². The number of nitriles is 1. The maximum atomic E-state index is 12.7. The number of aromatic hydroxyl groups is 1. The molecular formula is C19H15N4NaO5. The van der Waals surface area contributed by atoms with Crippen molar-refractivity contribution in [2.24, 2.45) is 5.92 Å². The van der Waals surface area contributed by atoms with E-state index in [-0.39, 0.29) is 53.5 Å². The summed E-state index contributed by atoms with van der Waals surface area (Å²) in [5.74, 6) is -2.15. The van der Waals surface area contributed by atoms with Gasteiger partial charge in [0.1, 0.15) is 11.8 Å². The van der Waals surface area contributed by atoms with Crippen LogP contribution in [0.5, 0.6) is 5.75 Å². The molecule has 0 bridgehead atoms. The molecule has 2 fully saturated rings. The van der Waals surface area contributed by atoms with E-state index in [9.17, 15) is 24.6 Å². The van der Waals surface area contributed by atoms with Crippen LogP contribution >= 0.6 is 0 Å². The Hall–Kier alpha value is -2.80. The molecule has 3 aliphatic rings. The van der Waals surface area contributed by atoms with Gasteiger partial charge in [0, 0.05) is 24.2 Å². The van der Waals surface area contributed by atoms with Crippen molar-refractivity contribution in [1.29, 1.82) is 5.26 Å². The zero-order valence-corrected chi connectivity index (χ0v) is 17.5. The number of carboxylic acids is 1. The summed E-state index contributed by atoms with van der Waals surface area (Å²) in [6.45, 7) is 0.263. The van der Waals surface area contributed by atoms with Gasteiger partial charge >= 0.3 is 35.6 Å². The van der Waals surface area contributed by atoms with Gasteiger partial charge in [-0.2, -0.15) is 5.26 Å². The number of anilines is 1. The number of likely N-dealkylation sites (tertiary alicyclic amines) is 1. The van der Waals surface area contributed by atoms with Gasteiger partial charge in [-0.3, -0.25) is 4.79 Å². The first-order chi connectivity index (χ1) is 13.4. The number of carbonyl (C=O) groups excluding carboxylic acids is 3. The number of phenols is 1. The molecule has 9 nitrogen and oxygen atoms in total. The monoisotopic (exact) mass is 402 g/mol. The van der Waals surface area contributed by atoms with Crippen molar-refractivity contribution < 1.29 is 54.2 Å². The summed E-state index contributed by atoms with van der Waals surface area (Å²) in [5, 5.41) is 32.4. The molecule has 0 saturated carbocycles. The molecule has 1 unspecified atom stereocenters. The van der Waals surface area contributed by atoms with Gasteiger partial charge in [-0.05, 0) is 42.3 Å². The third kappa shape index (κ3) is 3.29. The van der Waals surface area contributed by atoms with Crippen molar-refractivity contribution in [3.63, 3.8) is 0 Å². The Balaban J connectivity index is 0.00000240. The van der Waals surface area contributed by atoms with Crippen LogP contribution in [0.3, 0.4) is 0 Å². The van der Waals surface area contributed by atoms with Crippen LogP contribution in [0.4, 0.5) is 10.5 Å². The fourth-order valence-corrected chi connectivity index (χ4v) is 4.23. The minimum absolute atomic E-state index is 0. The van der Waals surface area contributed by atoms with Gasteiger partial charge in [0.25, 0.3) is 5.91 Å². The Bertz CT molecular complexity index is 981. The molecule has 29 heavy (non-hydrogen) atoms. The number of β-lactam (4-membered cyclic amide) rings is 1. The van der Waals surface area contributed by atoms with Gasteiger partial charge in [-0.15, -0.1) is 0 Å². The zero-order chi connectivity index (χ0) is 20.0. The molecule has 0 aliphatic carbocycles. The molecule has 3 atom stereocenters. The smallest absolute Gasteiger partial charge is 0.543 e. The van der Waals surface area contributed by atoms with Gasteiger partial charge in [0.2, 0.25) is 0 Å². The number of rotatable bonds is 3. The Morgan fingerprint density at radius 2 is 2.00 bits per heavy atom. The summed E-state index contributed by atoms with van der Waals surface area (Å²) in [5.41, 5.74) is 0.635. The van der Waals surface area contributed by atoms with E-state index in [2.05, 4.69) is 5.32 Å². The standard InChI is InChI=1S/C19H16N4O5.Na/c20-8-1-2-12-13-7-9-22(19(28)21-10-3-5-11(24)6-4-10)16-14(13)23(17(16)25)15(12)18(26)27;/h1-6,13-14,16,24H,7,9H2,(H,21,28)(H,26,27);/q;+1/p-1/b2-1-;/t13?,14-,16+;/m1./s1. The first-order valence-corrected chi connectivity index (χ1v) is 8.65. The topological polar surface area (TPSA) is 137 Å². The number of benzene rings is 1. The molecular weight excluding hydrogens is 387 g/mol. The van der Waals surface area contributed by atoms with Crippen LogP contribution in [0.2, 0.25) is 0 Å². The van der Waals surface area contributed by atoms with Crippen LogP contribution in [0, 0.1) is 17.2 Å². The van der Waals surface area contributed by atoms with Gasteiger partial charge in [0.05, 0.1) is 23.8 Å². The third-order valence-electron chi connectivity index (χ3n) is 5.37. The van der Waals surface area contributed by atoms with Crippen LogP contribution in [0.15, 0.2) is 47.7 Å². The molecule has 3 aliphatic heterocycles. The number of piperidine rings is 1. The molecule has 3 heterocycles. The van der Waals surface area contributed by atoms with E-state index >= 15 is 0 Å². The molecule has 142 valence electrons. The second-order valence-corrected chi connectivity index (χ2v) is 6.76. The Labute approximate surface area is 188 Å². The zero-order valence-electron chi connectivity index (χ0n) is 15.5. The normalized spacial score (nSPS) is 24.5. The molecule has 4 rings (SSSR count). The molecule has 0 aromatic heterocycles. The number of nitrogens with one attached hydrogen (secondary N) is 1. The van der Waals surface area contributed by atoms with E-state index < -0.39 is 30.0 Å². The van der Waals surface area contributed by atoms with Crippen LogP contribution in [-0.4, -0.2) is 51.4 Å². The van der Waals surface area contributed by atoms with Crippen LogP contribution in [-0.2, 0) is 9.59 Å². The summed E-state index contributed by atoms with van der Waals surface area (Å²) < 4.78 is 0. The maximum absolute atomic E-state index is 12.7. The van der Waals surface area contributed by atoms with E-state index in [0.717, 1.165) is 0 Å². The molecule has 0 radical (unpaired) electrons. The van der Waals surface area contributed by atoms with Crippen molar-refractivity contribution in [1.82, 2.24) is 9.80 Å². The van der Waals surface area contributed by atoms with Gasteiger partial charge in [-0.25, -0.2) is 4.79 Å². The number of phenolic OH excluding ortho intramolecular Hbond substituents is 1. The maximum Gasteiger partial charge on any atom is 1.00 e. The van der Waals surface area contributed by atoms with Crippen molar-refractivity contribution in [2.45, 2.75) is 18.5 Å². The van der Waals surface area contributed by atoms with Crippen molar-refractivity contribution >= 4 is 23.6 Å². The van der Waals surface area contributed by atoms with E-state index in [1.807, 2.05) is 6.07 Å². The quantitative estimate of drug-likeness (QED) is 0.238. The van der Waals surface area contributed by atoms with E-state index in [0.29, 0.717) is 17.7 Å². The van der Waals surface area contributed by atoms with Crippen molar-refractivity contribution in [2.75, 3.05) is 11.9 Å². The average molecular weight is 402 g/mol. The Morgan fingerprint density at radius 1 is 1.31 bits per heavy atom. The van der Waals surface area contributed by atoms with E-state index in [1.165, 1.54) is 46.2 Å². The summed E-state index contributed by atoms with van der Waals surface area (Å²) in [6.07, 6.45) is 3.04. The van der Waals surface area contributed by atoms with Crippen molar-refractivity contribution in [3.8, 4) is 11.8 Å². The fourth-order valence-electron chi connectivity index (χ4n) is 4.23. The number of nitrogens with zero attached hydrogens (tertiary/aromatic N) is 3. The molecule has 1 aromatic rings. The van der Waals surface area contributed by atoms with Gasteiger partial charge in [-0.1, -0.05) is 0 Å². The number of hydrogen-bond donors (Lipinski definition) is 2. The number of hydrogen-bond acceptors (Lipinski definition) is 6. The summed E-state index contributed by atoms with van der Waals surface area (Å²) in [7, 11) is 0. The number of carboxylic acid groups (broad SMARTS) is 1. The fraction of sp³-hybridized carbons (Fsp3) is 0.263. The minimum atomic E-state index is -1.47. The number of carbonyl (C=O) groups is 3. The molecule has 10 heteroatoms. The summed E-state index contributed by atoms with van der Waals surface area (Å²) in [6, 6.07) is 6.03. The van der Waals surface area contributed by atoms with Crippen LogP contribution < -0.4 is 40.0 Å². The predicted octanol–water partition coefficient (Wildman–Crippen LogP) is -3.07. The Kier molecular flexibility index (Phi) is 5.71. The van der Waals surface area contributed by atoms with Gasteiger partial charge in [0.15, 0.2) is 0 Å². The molecule has 3 amide bonds. The number of amides is 3. The first kappa shape index (κ1) is 20.9. The summed E-state index contributed by atoms with van der Waals surface area (Å²) >= 11 is 0. The molecule has 2 N–H and O–H groups in total. The van der Waals surface area contributed by atoms with E-state index in [4.69, 9.17) is 5.26 Å².